The number of aliphatic imine (C=N–C) groups is 1. The highest BCUT2D eigenvalue weighted by Gasteiger charge is 2.25. The normalized spacial score (nSPS) is 16.8. The van der Waals surface area contributed by atoms with E-state index in [-0.39, 0.29) is 36.6 Å². The highest BCUT2D eigenvalue weighted by atomic mass is 127. The lowest BCUT2D eigenvalue weighted by atomic mass is 10.1. The van der Waals surface area contributed by atoms with Gasteiger partial charge in [-0.25, -0.2) is 4.98 Å². The van der Waals surface area contributed by atoms with Gasteiger partial charge in [0.25, 0.3) is 0 Å². The van der Waals surface area contributed by atoms with Crippen molar-refractivity contribution in [3.8, 4) is 11.5 Å². The summed E-state index contributed by atoms with van der Waals surface area (Å²) in [6.07, 6.45) is 1.90. The first-order valence-electron chi connectivity index (χ1n) is 10.3. The van der Waals surface area contributed by atoms with Crippen LogP contribution in [0.5, 0.6) is 11.5 Å². The molecule has 10 heteroatoms. The molecule has 1 fully saturated rings. The first kappa shape index (κ1) is 26.3. The van der Waals surface area contributed by atoms with Gasteiger partial charge < -0.3 is 30.1 Å². The molecule has 2 heterocycles. The Balaban J connectivity index is 0.00000363. The minimum atomic E-state index is -0.785. The lowest BCUT2D eigenvalue weighted by Crippen LogP contribution is -2.44. The van der Waals surface area contributed by atoms with Gasteiger partial charge in [-0.15, -0.1) is 24.0 Å². The molecule has 0 amide bonds. The molecular formula is C22H31ClIN5O3. The first-order valence-corrected chi connectivity index (χ1v) is 10.7. The number of anilines is 1. The number of benzene rings is 1. The maximum absolute atomic E-state index is 10.7. The Labute approximate surface area is 211 Å². The van der Waals surface area contributed by atoms with Crippen LogP contribution in [0.15, 0.2) is 41.5 Å². The van der Waals surface area contributed by atoms with Crippen LogP contribution < -0.4 is 25.0 Å². The molecule has 1 aliphatic rings. The minimum Gasteiger partial charge on any atom is -0.497 e. The number of aromatic nitrogens is 1. The Morgan fingerprint density at radius 3 is 2.66 bits per heavy atom. The Bertz CT molecular complexity index is 879. The van der Waals surface area contributed by atoms with Crippen molar-refractivity contribution in [2.75, 3.05) is 45.3 Å². The van der Waals surface area contributed by atoms with E-state index in [0.717, 1.165) is 31.9 Å². The highest BCUT2D eigenvalue weighted by molar-refractivity contribution is 14.0. The Kier molecular flexibility index (Phi) is 10.6. The number of aliphatic hydroxyl groups is 1. The molecule has 0 saturated carbocycles. The molecule has 176 valence electrons. The number of halogens is 2. The van der Waals surface area contributed by atoms with Crippen LogP contribution in [0.25, 0.3) is 0 Å². The number of ether oxygens (including phenoxy) is 2. The van der Waals surface area contributed by atoms with Crippen LogP contribution in [-0.4, -0.2) is 62.5 Å². The third kappa shape index (κ3) is 7.01. The zero-order valence-electron chi connectivity index (χ0n) is 18.5. The number of aliphatic hydroxyl groups excluding tert-OH is 1. The summed E-state index contributed by atoms with van der Waals surface area (Å²) in [6, 6.07) is 9.22. The van der Waals surface area contributed by atoms with Crippen molar-refractivity contribution in [3.63, 3.8) is 0 Å². The number of guanidine groups is 1. The van der Waals surface area contributed by atoms with Crippen LogP contribution in [0, 0.1) is 0 Å². The molecule has 3 rings (SSSR count). The molecule has 1 saturated heterocycles. The molecule has 0 spiro atoms. The second kappa shape index (κ2) is 12.9. The summed E-state index contributed by atoms with van der Waals surface area (Å²) in [6.45, 7) is 4.57. The third-order valence-corrected chi connectivity index (χ3v) is 5.39. The fourth-order valence-corrected chi connectivity index (χ4v) is 3.74. The summed E-state index contributed by atoms with van der Waals surface area (Å²) < 4.78 is 10.6. The number of hydrogen-bond donors (Lipinski definition) is 3. The smallest absolute Gasteiger partial charge is 0.191 e. The second-order valence-electron chi connectivity index (χ2n) is 7.27. The van der Waals surface area contributed by atoms with Gasteiger partial charge in [-0.2, -0.15) is 0 Å². The number of hydrogen-bond acceptors (Lipinski definition) is 6. The van der Waals surface area contributed by atoms with Crippen LogP contribution in [0.1, 0.15) is 25.0 Å². The first-order chi connectivity index (χ1) is 15.0. The average Bonchev–Trinajstić information content (AvgIpc) is 3.25. The van der Waals surface area contributed by atoms with E-state index < -0.39 is 6.10 Å². The quantitative estimate of drug-likeness (QED) is 0.253. The highest BCUT2D eigenvalue weighted by Crippen LogP contribution is 2.27. The minimum absolute atomic E-state index is 0. The van der Waals surface area contributed by atoms with Gasteiger partial charge in [0.15, 0.2) is 5.96 Å². The van der Waals surface area contributed by atoms with Crippen LogP contribution in [-0.2, 0) is 0 Å². The monoisotopic (exact) mass is 575 g/mol. The van der Waals surface area contributed by atoms with Gasteiger partial charge in [-0.3, -0.25) is 4.99 Å². The van der Waals surface area contributed by atoms with E-state index in [1.54, 1.807) is 38.6 Å². The van der Waals surface area contributed by atoms with E-state index in [1.807, 2.05) is 19.1 Å². The molecule has 3 N–H and O–H groups in total. The lowest BCUT2D eigenvalue weighted by Gasteiger charge is -2.20. The summed E-state index contributed by atoms with van der Waals surface area (Å²) in [7, 11) is 3.17. The fraction of sp³-hybridized carbons (Fsp3) is 0.455. The molecular weight excluding hydrogens is 545 g/mol. The molecule has 0 bridgehead atoms. The Hall–Kier alpha value is -1.98. The van der Waals surface area contributed by atoms with E-state index >= 15 is 0 Å². The fourth-order valence-electron chi connectivity index (χ4n) is 3.50. The Morgan fingerprint density at radius 1 is 1.31 bits per heavy atom. The maximum Gasteiger partial charge on any atom is 0.191 e. The van der Waals surface area contributed by atoms with Crippen molar-refractivity contribution in [2.24, 2.45) is 4.99 Å². The summed E-state index contributed by atoms with van der Waals surface area (Å²) in [5.41, 5.74) is 0.688. The second-order valence-corrected chi connectivity index (χ2v) is 7.67. The molecule has 2 atom stereocenters. The molecule has 32 heavy (non-hydrogen) atoms. The summed E-state index contributed by atoms with van der Waals surface area (Å²) >= 11 is 6.29. The van der Waals surface area contributed by atoms with Gasteiger partial charge in [-0.1, -0.05) is 11.6 Å². The van der Waals surface area contributed by atoms with Crippen LogP contribution in [0.4, 0.5) is 5.82 Å². The van der Waals surface area contributed by atoms with Crippen molar-refractivity contribution in [1.82, 2.24) is 15.6 Å². The van der Waals surface area contributed by atoms with Gasteiger partial charge in [0.2, 0.25) is 0 Å². The van der Waals surface area contributed by atoms with E-state index in [0.29, 0.717) is 28.0 Å². The van der Waals surface area contributed by atoms with Gasteiger partial charge >= 0.3 is 0 Å². The molecule has 0 aliphatic carbocycles. The largest absolute Gasteiger partial charge is 0.497 e. The van der Waals surface area contributed by atoms with Gasteiger partial charge in [0.1, 0.15) is 17.3 Å². The molecule has 1 aliphatic heterocycles. The van der Waals surface area contributed by atoms with Crippen LogP contribution in [0.2, 0.25) is 5.02 Å². The topological polar surface area (TPSA) is 91.2 Å². The van der Waals surface area contributed by atoms with Crippen molar-refractivity contribution < 1.29 is 14.6 Å². The molecule has 2 unspecified atom stereocenters. The zero-order valence-corrected chi connectivity index (χ0v) is 21.6. The average molecular weight is 576 g/mol. The lowest BCUT2D eigenvalue weighted by molar-refractivity contribution is 0.186. The van der Waals surface area contributed by atoms with E-state index in [9.17, 15) is 5.11 Å². The molecule has 0 radical (unpaired) electrons. The standard InChI is InChI=1S/C22H30ClN5O3.HI/c1-4-24-22(26-13-20(29)15-10-17(30-2)12-18(11-15)31-3)27-16-7-9-28(14-16)21-19(23)6-5-8-25-21;/h5-6,8,10-12,16,20,29H,4,7,9,13-14H2,1-3H3,(H2,24,26,27);1H. The number of pyridine rings is 1. The molecule has 8 nitrogen and oxygen atoms in total. The van der Waals surface area contributed by atoms with Crippen molar-refractivity contribution >= 4 is 47.4 Å². The number of nitrogens with zero attached hydrogens (tertiary/aromatic N) is 3. The predicted octanol–water partition coefficient (Wildman–Crippen LogP) is 3.24. The number of rotatable bonds is 8. The summed E-state index contributed by atoms with van der Waals surface area (Å²) in [5.74, 6) is 2.72. The molecule has 1 aromatic carbocycles. The predicted molar refractivity (Wildman–Crippen MR) is 139 cm³/mol. The van der Waals surface area contributed by atoms with E-state index in [4.69, 9.17) is 21.1 Å². The third-order valence-electron chi connectivity index (χ3n) is 5.09. The van der Waals surface area contributed by atoms with Gasteiger partial charge in [-0.05, 0) is 43.2 Å². The van der Waals surface area contributed by atoms with Crippen molar-refractivity contribution in [3.05, 3.63) is 47.1 Å². The van der Waals surface area contributed by atoms with Crippen molar-refractivity contribution in [2.45, 2.75) is 25.5 Å². The summed E-state index contributed by atoms with van der Waals surface area (Å²) in [4.78, 5) is 11.1. The number of nitrogens with one attached hydrogen (secondary N) is 2. The maximum atomic E-state index is 10.7. The van der Waals surface area contributed by atoms with Crippen LogP contribution in [0.3, 0.4) is 0 Å². The number of methoxy groups -OCH3 is 2. The zero-order chi connectivity index (χ0) is 22.2. The van der Waals surface area contributed by atoms with Crippen molar-refractivity contribution in [1.29, 1.82) is 0 Å². The SMILES string of the molecule is CCNC(=NCC(O)c1cc(OC)cc(OC)c1)NC1CCN(c2ncccc2Cl)C1.I. The summed E-state index contributed by atoms with van der Waals surface area (Å²) in [5, 5.41) is 18.0. The van der Waals surface area contributed by atoms with Gasteiger partial charge in [0, 0.05) is 37.9 Å². The molecule has 1 aromatic heterocycles. The Morgan fingerprint density at radius 2 is 2.03 bits per heavy atom. The molecule has 2 aromatic rings. The van der Waals surface area contributed by atoms with E-state index in [2.05, 4.69) is 25.5 Å². The van der Waals surface area contributed by atoms with E-state index in [1.165, 1.54) is 0 Å². The van der Waals surface area contributed by atoms with Crippen LogP contribution >= 0.6 is 35.6 Å². The van der Waals surface area contributed by atoms with Gasteiger partial charge in [0.05, 0.1) is 31.9 Å².